The van der Waals surface area contributed by atoms with Gasteiger partial charge in [-0.3, -0.25) is 9.69 Å². The molecule has 0 amide bonds. The number of hydrogen-bond acceptors (Lipinski definition) is 4. The number of fused-ring (bicyclic) bond motifs is 2. The summed E-state index contributed by atoms with van der Waals surface area (Å²) in [6.45, 7) is 0. The minimum absolute atomic E-state index is 0.0381. The van der Waals surface area contributed by atoms with Gasteiger partial charge >= 0.3 is 11.9 Å². The summed E-state index contributed by atoms with van der Waals surface area (Å²) in [4.78, 5) is 26.2. The lowest BCUT2D eigenvalue weighted by molar-refractivity contribution is -0.152. The number of carboxylic acids is 1. The number of benzene rings is 1. The van der Waals surface area contributed by atoms with Crippen molar-refractivity contribution in [3.8, 4) is 0 Å². The Morgan fingerprint density at radius 1 is 1.32 bits per heavy atom. The fraction of sp³-hybridized carbons (Fsp3) is 0.500. The van der Waals surface area contributed by atoms with Gasteiger partial charge in [0.25, 0.3) is 0 Å². The zero-order chi connectivity index (χ0) is 15.9. The van der Waals surface area contributed by atoms with Crippen LogP contribution in [0.25, 0.3) is 0 Å². The van der Waals surface area contributed by atoms with Crippen LogP contribution in [0.5, 0.6) is 0 Å². The minimum atomic E-state index is -0.877. The molecule has 6 heteroatoms. The molecule has 0 saturated carbocycles. The Morgan fingerprint density at radius 3 is 2.73 bits per heavy atom. The summed E-state index contributed by atoms with van der Waals surface area (Å²) in [5.41, 5.74) is 0.499. The van der Waals surface area contributed by atoms with Crippen LogP contribution >= 0.6 is 22.6 Å². The summed E-state index contributed by atoms with van der Waals surface area (Å²) < 4.78 is 6.42. The lowest BCUT2D eigenvalue weighted by atomic mass is 9.87. The molecule has 2 saturated heterocycles. The molecule has 2 aliphatic heterocycles. The predicted molar refractivity (Wildman–Crippen MR) is 88.7 cm³/mol. The number of hydrogen-bond donors (Lipinski definition) is 1. The topological polar surface area (TPSA) is 66.8 Å². The summed E-state index contributed by atoms with van der Waals surface area (Å²) in [6.07, 6.45) is 1.88. The van der Waals surface area contributed by atoms with Crippen LogP contribution in [0.2, 0.25) is 0 Å². The average Bonchev–Trinajstić information content (AvgIpc) is 2.71. The summed E-state index contributed by atoms with van der Waals surface area (Å²) >= 11 is 2.09. The Bertz CT molecular complexity index is 606. The maximum atomic E-state index is 12.4. The number of halogens is 1. The Morgan fingerprint density at radius 2 is 2.05 bits per heavy atom. The van der Waals surface area contributed by atoms with E-state index in [1.165, 1.54) is 0 Å². The Labute approximate surface area is 142 Å². The quantitative estimate of drug-likeness (QED) is 0.607. The van der Waals surface area contributed by atoms with Crippen LogP contribution in [0.1, 0.15) is 29.6 Å². The summed E-state index contributed by atoms with van der Waals surface area (Å²) in [5, 5.41) is 9.57. The van der Waals surface area contributed by atoms with Gasteiger partial charge in [0.2, 0.25) is 0 Å². The summed E-state index contributed by atoms with van der Waals surface area (Å²) in [7, 11) is 1.97. The zero-order valence-corrected chi connectivity index (χ0v) is 14.4. The monoisotopic (exact) mass is 415 g/mol. The second kappa shape index (κ2) is 6.16. The third-order valence-electron chi connectivity index (χ3n) is 4.85. The van der Waals surface area contributed by atoms with E-state index in [2.05, 4.69) is 27.5 Å². The Kier molecular flexibility index (Phi) is 4.40. The van der Waals surface area contributed by atoms with E-state index in [-0.39, 0.29) is 6.04 Å². The van der Waals surface area contributed by atoms with Crippen LogP contribution in [0.15, 0.2) is 24.3 Å². The van der Waals surface area contributed by atoms with E-state index < -0.39 is 24.0 Å². The van der Waals surface area contributed by atoms with Crippen LogP contribution in [0.4, 0.5) is 0 Å². The molecule has 118 valence electrons. The second-order valence-electron chi connectivity index (χ2n) is 5.99. The molecule has 2 aliphatic rings. The van der Waals surface area contributed by atoms with E-state index in [1.54, 1.807) is 12.1 Å². The molecule has 5 nitrogen and oxygen atoms in total. The van der Waals surface area contributed by atoms with E-state index in [0.29, 0.717) is 18.0 Å². The van der Waals surface area contributed by atoms with Gasteiger partial charge in [-0.05, 0) is 54.6 Å². The van der Waals surface area contributed by atoms with Crippen LogP contribution in [-0.2, 0) is 9.53 Å². The minimum Gasteiger partial charge on any atom is -0.481 e. The number of nitrogens with zero attached hydrogens (tertiary/aromatic N) is 1. The lowest BCUT2D eigenvalue weighted by Gasteiger charge is -2.40. The molecule has 1 aromatic rings. The normalized spacial score (nSPS) is 31.0. The van der Waals surface area contributed by atoms with Gasteiger partial charge in [-0.2, -0.15) is 0 Å². The molecule has 0 aromatic heterocycles. The molecule has 3 rings (SSSR count). The number of ether oxygens (including phenoxy) is 1. The highest BCUT2D eigenvalue weighted by molar-refractivity contribution is 14.1. The molecule has 0 radical (unpaired) electrons. The van der Waals surface area contributed by atoms with Gasteiger partial charge < -0.3 is 9.84 Å². The molecule has 1 aromatic carbocycles. The molecular weight excluding hydrogens is 397 g/mol. The van der Waals surface area contributed by atoms with Gasteiger partial charge in [0.15, 0.2) is 0 Å². The van der Waals surface area contributed by atoms with E-state index in [1.807, 2.05) is 19.2 Å². The van der Waals surface area contributed by atoms with E-state index in [0.717, 1.165) is 16.4 Å². The van der Waals surface area contributed by atoms with Crippen molar-refractivity contribution in [2.24, 2.45) is 5.92 Å². The van der Waals surface area contributed by atoms with Gasteiger partial charge in [-0.25, -0.2) is 4.79 Å². The first-order valence-corrected chi connectivity index (χ1v) is 8.47. The molecule has 0 aliphatic carbocycles. The van der Waals surface area contributed by atoms with Crippen LogP contribution in [-0.4, -0.2) is 47.2 Å². The fourth-order valence-corrected chi connectivity index (χ4v) is 4.30. The number of carbonyl (C=O) groups excluding carboxylic acids is 1. The van der Waals surface area contributed by atoms with E-state index in [4.69, 9.17) is 4.74 Å². The number of piperidine rings is 1. The number of rotatable bonds is 3. The van der Waals surface area contributed by atoms with E-state index >= 15 is 0 Å². The van der Waals surface area contributed by atoms with Gasteiger partial charge in [0, 0.05) is 22.1 Å². The van der Waals surface area contributed by atoms with Crippen molar-refractivity contribution in [2.45, 2.75) is 37.5 Å². The molecule has 2 fully saturated rings. The van der Waals surface area contributed by atoms with Crippen LogP contribution in [0.3, 0.4) is 0 Å². The largest absolute Gasteiger partial charge is 0.481 e. The van der Waals surface area contributed by atoms with Crippen molar-refractivity contribution in [1.82, 2.24) is 4.90 Å². The van der Waals surface area contributed by atoms with Gasteiger partial charge in [-0.1, -0.05) is 12.1 Å². The fourth-order valence-electron chi connectivity index (χ4n) is 3.69. The lowest BCUT2D eigenvalue weighted by Crippen LogP contribution is -2.53. The molecule has 0 unspecified atom stereocenters. The van der Waals surface area contributed by atoms with Gasteiger partial charge in [0.1, 0.15) is 12.0 Å². The van der Waals surface area contributed by atoms with Gasteiger partial charge in [-0.15, -0.1) is 0 Å². The molecule has 1 N–H and O–H groups in total. The van der Waals surface area contributed by atoms with Crippen molar-refractivity contribution in [1.29, 1.82) is 0 Å². The van der Waals surface area contributed by atoms with Crippen molar-refractivity contribution >= 4 is 34.5 Å². The number of carboxylic acid groups (broad SMARTS) is 1. The highest BCUT2D eigenvalue weighted by Crippen LogP contribution is 2.40. The second-order valence-corrected chi connectivity index (χ2v) is 7.15. The Hall–Kier alpha value is -1.15. The number of aliphatic carboxylic acids is 1. The first kappa shape index (κ1) is 15.7. The molecule has 2 bridgehead atoms. The number of carbonyl (C=O) groups is 2. The SMILES string of the molecule is CN1[C@H]2CC[C@@H]1[C@@H](C(=O)O)[C@@H](OC(=O)c1ccccc1I)C2. The van der Waals surface area contributed by atoms with Crippen molar-refractivity contribution in [3.05, 3.63) is 33.4 Å². The molecule has 2 heterocycles. The standard InChI is InChI=1S/C16H18INO4/c1-18-9-6-7-12(18)14(15(19)20)13(8-9)22-16(21)10-4-2-3-5-11(10)17/h2-5,9,12-14H,6-8H2,1H3,(H,19,20)/t9-,12+,13-,14+/m0/s1. The maximum absolute atomic E-state index is 12.4. The first-order valence-electron chi connectivity index (χ1n) is 7.39. The van der Waals surface area contributed by atoms with Gasteiger partial charge in [0.05, 0.1) is 5.56 Å². The van der Waals surface area contributed by atoms with Crippen molar-refractivity contribution < 1.29 is 19.4 Å². The molecule has 0 spiro atoms. The number of esters is 1. The van der Waals surface area contributed by atoms with E-state index in [9.17, 15) is 14.7 Å². The Balaban J connectivity index is 1.80. The van der Waals surface area contributed by atoms with Crippen molar-refractivity contribution in [2.75, 3.05) is 7.05 Å². The average molecular weight is 415 g/mol. The zero-order valence-electron chi connectivity index (χ0n) is 12.2. The predicted octanol–water partition coefficient (Wildman–Crippen LogP) is 2.38. The molecule has 22 heavy (non-hydrogen) atoms. The summed E-state index contributed by atoms with van der Waals surface area (Å²) in [5.74, 6) is -1.95. The molecule has 4 atom stereocenters. The smallest absolute Gasteiger partial charge is 0.339 e. The van der Waals surface area contributed by atoms with Crippen LogP contribution < -0.4 is 0 Å². The highest BCUT2D eigenvalue weighted by Gasteiger charge is 2.50. The highest BCUT2D eigenvalue weighted by atomic mass is 127. The van der Waals surface area contributed by atoms with Crippen LogP contribution in [0, 0.1) is 9.49 Å². The summed E-state index contributed by atoms with van der Waals surface area (Å²) in [6, 6.07) is 7.46. The third kappa shape index (κ3) is 2.74. The third-order valence-corrected chi connectivity index (χ3v) is 5.79. The molecular formula is C16H18INO4. The van der Waals surface area contributed by atoms with Crippen molar-refractivity contribution in [3.63, 3.8) is 0 Å². The maximum Gasteiger partial charge on any atom is 0.339 e. The first-order chi connectivity index (χ1) is 10.5.